The number of benzene rings is 1. The highest BCUT2D eigenvalue weighted by Gasteiger charge is 2.11. The summed E-state index contributed by atoms with van der Waals surface area (Å²) in [6.45, 7) is 6.67. The van der Waals surface area contributed by atoms with Crippen molar-refractivity contribution in [1.29, 1.82) is 0 Å². The highest BCUT2D eigenvalue weighted by Crippen LogP contribution is 2.23. The van der Waals surface area contributed by atoms with Gasteiger partial charge in [0.15, 0.2) is 0 Å². The molecule has 1 heterocycles. The highest BCUT2D eigenvalue weighted by molar-refractivity contribution is 7.12. The Morgan fingerprint density at radius 1 is 1.10 bits per heavy atom. The van der Waals surface area contributed by atoms with Crippen molar-refractivity contribution in [2.75, 3.05) is 7.11 Å². The molecular formula is C18H25NOS. The second kappa shape index (κ2) is 7.62. The summed E-state index contributed by atoms with van der Waals surface area (Å²) >= 11 is 1.88. The normalized spacial score (nSPS) is 13.9. The van der Waals surface area contributed by atoms with Gasteiger partial charge in [0.2, 0.25) is 0 Å². The van der Waals surface area contributed by atoms with E-state index >= 15 is 0 Å². The monoisotopic (exact) mass is 303 g/mol. The van der Waals surface area contributed by atoms with Crippen molar-refractivity contribution in [3.63, 3.8) is 0 Å². The molecule has 1 aromatic carbocycles. The molecule has 0 radical (unpaired) electrons. The smallest absolute Gasteiger partial charge is 0.118 e. The fourth-order valence-corrected chi connectivity index (χ4v) is 3.34. The molecule has 2 atom stereocenters. The minimum Gasteiger partial charge on any atom is -0.497 e. The summed E-state index contributed by atoms with van der Waals surface area (Å²) in [6, 6.07) is 13.7. The Kier molecular flexibility index (Phi) is 5.83. The lowest BCUT2D eigenvalue weighted by molar-refractivity contribution is 0.414. The molecule has 0 aliphatic heterocycles. The van der Waals surface area contributed by atoms with Crippen molar-refractivity contribution in [2.45, 2.75) is 45.7 Å². The minimum atomic E-state index is 0.426. The topological polar surface area (TPSA) is 21.3 Å². The number of nitrogens with one attached hydrogen (secondary N) is 1. The molecule has 0 fully saturated rings. The summed E-state index contributed by atoms with van der Waals surface area (Å²) in [4.78, 5) is 2.80. The summed E-state index contributed by atoms with van der Waals surface area (Å²) in [5, 5.41) is 3.69. The van der Waals surface area contributed by atoms with E-state index in [1.807, 2.05) is 23.5 Å². The van der Waals surface area contributed by atoms with E-state index in [0.717, 1.165) is 18.6 Å². The van der Waals surface area contributed by atoms with E-state index in [4.69, 9.17) is 4.74 Å². The Morgan fingerprint density at radius 2 is 1.81 bits per heavy atom. The van der Waals surface area contributed by atoms with Gasteiger partial charge < -0.3 is 10.1 Å². The van der Waals surface area contributed by atoms with Gasteiger partial charge in [0, 0.05) is 21.8 Å². The average molecular weight is 303 g/mol. The number of ether oxygens (including phenoxy) is 1. The van der Waals surface area contributed by atoms with Crippen LogP contribution < -0.4 is 10.1 Å². The third kappa shape index (κ3) is 4.87. The molecule has 0 amide bonds. The first-order chi connectivity index (χ1) is 10.1. The molecule has 0 bridgehead atoms. The van der Waals surface area contributed by atoms with Crippen LogP contribution in [0.2, 0.25) is 0 Å². The van der Waals surface area contributed by atoms with Crippen molar-refractivity contribution in [2.24, 2.45) is 0 Å². The van der Waals surface area contributed by atoms with E-state index in [1.54, 1.807) is 7.11 Å². The molecule has 2 nitrogen and oxygen atoms in total. The van der Waals surface area contributed by atoms with Gasteiger partial charge >= 0.3 is 0 Å². The standard InChI is InChI=1S/C18H25NOS/c1-13(19-15(3)18-12-6-14(2)21-18)5-7-16-8-10-17(20-4)11-9-16/h6,8-13,15,19H,5,7H2,1-4H3. The molecule has 0 aliphatic carbocycles. The SMILES string of the molecule is COc1ccc(CCC(C)NC(C)c2ccc(C)s2)cc1. The number of methoxy groups -OCH3 is 1. The Hall–Kier alpha value is -1.32. The second-order valence-electron chi connectivity index (χ2n) is 5.62. The van der Waals surface area contributed by atoms with Gasteiger partial charge in [0.1, 0.15) is 5.75 Å². The van der Waals surface area contributed by atoms with Crippen molar-refractivity contribution in [3.8, 4) is 5.75 Å². The van der Waals surface area contributed by atoms with Crippen LogP contribution in [0, 0.1) is 6.92 Å². The van der Waals surface area contributed by atoms with Crippen LogP contribution in [0.3, 0.4) is 0 Å². The summed E-state index contributed by atoms with van der Waals surface area (Å²) in [5.41, 5.74) is 1.36. The zero-order valence-electron chi connectivity index (χ0n) is 13.3. The van der Waals surface area contributed by atoms with E-state index in [2.05, 4.69) is 50.4 Å². The average Bonchev–Trinajstić information content (AvgIpc) is 2.92. The van der Waals surface area contributed by atoms with Gasteiger partial charge in [0.05, 0.1) is 7.11 Å². The summed E-state index contributed by atoms with van der Waals surface area (Å²) in [7, 11) is 1.70. The Balaban J connectivity index is 1.79. The number of hydrogen-bond acceptors (Lipinski definition) is 3. The van der Waals surface area contributed by atoms with Gasteiger partial charge in [0.25, 0.3) is 0 Å². The van der Waals surface area contributed by atoms with Crippen LogP contribution in [0.25, 0.3) is 0 Å². The maximum atomic E-state index is 5.19. The molecule has 21 heavy (non-hydrogen) atoms. The van der Waals surface area contributed by atoms with Crippen molar-refractivity contribution >= 4 is 11.3 Å². The predicted octanol–water partition coefficient (Wildman–Crippen LogP) is 4.74. The van der Waals surface area contributed by atoms with Crippen LogP contribution in [-0.2, 0) is 6.42 Å². The third-order valence-corrected chi connectivity index (χ3v) is 4.93. The van der Waals surface area contributed by atoms with Crippen molar-refractivity contribution in [3.05, 3.63) is 51.7 Å². The summed E-state index contributed by atoms with van der Waals surface area (Å²) in [6.07, 6.45) is 2.23. The van der Waals surface area contributed by atoms with Crippen molar-refractivity contribution < 1.29 is 4.74 Å². The number of thiophene rings is 1. The maximum Gasteiger partial charge on any atom is 0.118 e. The third-order valence-electron chi connectivity index (χ3n) is 3.75. The Labute approximate surface area is 132 Å². The molecule has 0 saturated carbocycles. The Morgan fingerprint density at radius 3 is 2.38 bits per heavy atom. The molecule has 0 spiro atoms. The Bertz CT molecular complexity index is 547. The molecule has 3 heteroatoms. The molecule has 0 aliphatic rings. The van der Waals surface area contributed by atoms with Gasteiger partial charge in [-0.15, -0.1) is 11.3 Å². The van der Waals surface area contributed by atoms with Crippen LogP contribution in [-0.4, -0.2) is 13.2 Å². The lowest BCUT2D eigenvalue weighted by atomic mass is 10.1. The second-order valence-corrected chi connectivity index (χ2v) is 6.94. The fraction of sp³-hybridized carbons (Fsp3) is 0.444. The molecule has 0 saturated heterocycles. The van der Waals surface area contributed by atoms with Crippen LogP contribution in [0.5, 0.6) is 5.75 Å². The van der Waals surface area contributed by atoms with Crippen molar-refractivity contribution in [1.82, 2.24) is 5.32 Å². The minimum absolute atomic E-state index is 0.426. The maximum absolute atomic E-state index is 5.19. The zero-order chi connectivity index (χ0) is 15.2. The number of aryl methyl sites for hydroxylation is 2. The van der Waals surface area contributed by atoms with Crippen LogP contribution >= 0.6 is 11.3 Å². The zero-order valence-corrected chi connectivity index (χ0v) is 14.2. The van der Waals surface area contributed by atoms with E-state index < -0.39 is 0 Å². The molecule has 2 rings (SSSR count). The molecule has 114 valence electrons. The van der Waals surface area contributed by atoms with Gasteiger partial charge in [-0.25, -0.2) is 0 Å². The lowest BCUT2D eigenvalue weighted by Gasteiger charge is -2.19. The van der Waals surface area contributed by atoms with E-state index in [0.29, 0.717) is 12.1 Å². The van der Waals surface area contributed by atoms with E-state index in [1.165, 1.54) is 15.3 Å². The van der Waals surface area contributed by atoms with Crippen LogP contribution in [0.1, 0.15) is 41.6 Å². The summed E-state index contributed by atoms with van der Waals surface area (Å²) in [5.74, 6) is 0.923. The molecule has 2 unspecified atom stereocenters. The molecule has 1 aromatic heterocycles. The van der Waals surface area contributed by atoms with Crippen LogP contribution in [0.4, 0.5) is 0 Å². The van der Waals surface area contributed by atoms with Gasteiger partial charge in [-0.3, -0.25) is 0 Å². The highest BCUT2D eigenvalue weighted by atomic mass is 32.1. The number of rotatable bonds is 7. The van der Waals surface area contributed by atoms with Gasteiger partial charge in [-0.2, -0.15) is 0 Å². The van der Waals surface area contributed by atoms with Gasteiger partial charge in [-0.1, -0.05) is 12.1 Å². The fourth-order valence-electron chi connectivity index (χ4n) is 2.45. The van der Waals surface area contributed by atoms with E-state index in [9.17, 15) is 0 Å². The predicted molar refractivity (Wildman–Crippen MR) is 91.4 cm³/mol. The molecule has 2 aromatic rings. The summed E-state index contributed by atoms with van der Waals surface area (Å²) < 4.78 is 5.19. The van der Waals surface area contributed by atoms with Crippen LogP contribution in [0.15, 0.2) is 36.4 Å². The quantitative estimate of drug-likeness (QED) is 0.798. The lowest BCUT2D eigenvalue weighted by Crippen LogP contribution is -2.28. The van der Waals surface area contributed by atoms with E-state index in [-0.39, 0.29) is 0 Å². The van der Waals surface area contributed by atoms with Gasteiger partial charge in [-0.05, 0) is 63.4 Å². The first-order valence-electron chi connectivity index (χ1n) is 7.54. The number of hydrogen-bond donors (Lipinski definition) is 1. The largest absolute Gasteiger partial charge is 0.497 e. The molecular weight excluding hydrogens is 278 g/mol. The first kappa shape index (κ1) is 16.1. The molecule has 1 N–H and O–H groups in total. The first-order valence-corrected chi connectivity index (χ1v) is 8.35.